The van der Waals surface area contributed by atoms with Crippen LogP contribution in [0.1, 0.15) is 11.1 Å². The standard InChI is InChI=1S/C12H10N2/c1-2-6-11-10(5-1)9-13-14-8-4-3-7-12(11)14/h1-7,9H,8H2. The second-order valence-electron chi connectivity index (χ2n) is 3.39. The third-order valence-corrected chi connectivity index (χ3v) is 2.52. The van der Waals surface area contributed by atoms with Crippen molar-refractivity contribution in [2.45, 2.75) is 0 Å². The van der Waals surface area contributed by atoms with Gasteiger partial charge in [-0.2, -0.15) is 5.10 Å². The molecule has 3 rings (SSSR count). The van der Waals surface area contributed by atoms with Crippen LogP contribution in [0.25, 0.3) is 5.70 Å². The molecule has 68 valence electrons. The van der Waals surface area contributed by atoms with Crippen molar-refractivity contribution in [1.29, 1.82) is 0 Å². The molecule has 1 aromatic carbocycles. The normalized spacial score (nSPS) is 17.4. The predicted molar refractivity (Wildman–Crippen MR) is 57.9 cm³/mol. The molecule has 0 bridgehead atoms. The fourth-order valence-electron chi connectivity index (χ4n) is 1.82. The van der Waals surface area contributed by atoms with E-state index in [1.54, 1.807) is 0 Å². The number of hydrogen-bond donors (Lipinski definition) is 0. The fourth-order valence-corrected chi connectivity index (χ4v) is 1.82. The highest BCUT2D eigenvalue weighted by Gasteiger charge is 2.17. The lowest BCUT2D eigenvalue weighted by Gasteiger charge is -2.27. The van der Waals surface area contributed by atoms with E-state index < -0.39 is 0 Å². The molecule has 0 amide bonds. The lowest BCUT2D eigenvalue weighted by atomic mass is 10.0. The summed E-state index contributed by atoms with van der Waals surface area (Å²) in [5, 5.41) is 6.40. The third-order valence-electron chi connectivity index (χ3n) is 2.52. The quantitative estimate of drug-likeness (QED) is 0.600. The van der Waals surface area contributed by atoms with Gasteiger partial charge >= 0.3 is 0 Å². The number of hydrazone groups is 1. The minimum atomic E-state index is 0.872. The van der Waals surface area contributed by atoms with E-state index in [0.29, 0.717) is 0 Å². The Morgan fingerprint density at radius 2 is 2.14 bits per heavy atom. The van der Waals surface area contributed by atoms with E-state index in [9.17, 15) is 0 Å². The van der Waals surface area contributed by atoms with Crippen LogP contribution in [-0.4, -0.2) is 17.8 Å². The van der Waals surface area contributed by atoms with Gasteiger partial charge in [-0.25, -0.2) is 0 Å². The van der Waals surface area contributed by atoms with Crippen LogP contribution in [0.5, 0.6) is 0 Å². The highest BCUT2D eigenvalue weighted by atomic mass is 15.5. The molecular weight excluding hydrogens is 172 g/mol. The first kappa shape index (κ1) is 7.56. The molecule has 1 aromatic rings. The Kier molecular flexibility index (Phi) is 1.53. The van der Waals surface area contributed by atoms with Gasteiger partial charge in [0.25, 0.3) is 0 Å². The van der Waals surface area contributed by atoms with Crippen molar-refractivity contribution in [3.63, 3.8) is 0 Å². The largest absolute Gasteiger partial charge is 0.261 e. The summed E-state index contributed by atoms with van der Waals surface area (Å²) in [6, 6.07) is 8.34. The van der Waals surface area contributed by atoms with Crippen LogP contribution in [0.3, 0.4) is 0 Å². The summed E-state index contributed by atoms with van der Waals surface area (Å²) >= 11 is 0. The van der Waals surface area contributed by atoms with Crippen molar-refractivity contribution in [2.75, 3.05) is 6.54 Å². The summed E-state index contributed by atoms with van der Waals surface area (Å²) in [4.78, 5) is 0. The first-order valence-electron chi connectivity index (χ1n) is 4.73. The molecule has 0 unspecified atom stereocenters. The number of benzene rings is 1. The highest BCUT2D eigenvalue weighted by Crippen LogP contribution is 2.27. The maximum absolute atomic E-state index is 4.38. The van der Waals surface area contributed by atoms with Crippen LogP contribution < -0.4 is 0 Å². The number of fused-ring (bicyclic) bond motifs is 3. The zero-order chi connectivity index (χ0) is 9.38. The summed E-state index contributed by atoms with van der Waals surface area (Å²) in [5.41, 5.74) is 3.67. The SMILES string of the molecule is C1=CCN2N=Cc3ccccc3C2=C1. The zero-order valence-electron chi connectivity index (χ0n) is 7.72. The van der Waals surface area contributed by atoms with E-state index >= 15 is 0 Å². The van der Waals surface area contributed by atoms with Gasteiger partial charge in [-0.3, -0.25) is 5.01 Å². The number of rotatable bonds is 0. The smallest absolute Gasteiger partial charge is 0.0676 e. The van der Waals surface area contributed by atoms with Gasteiger partial charge in [-0.05, 0) is 6.08 Å². The molecule has 0 atom stereocenters. The molecule has 0 spiro atoms. The lowest BCUT2D eigenvalue weighted by Crippen LogP contribution is -2.22. The van der Waals surface area contributed by atoms with Gasteiger partial charge in [-0.1, -0.05) is 36.4 Å². The van der Waals surface area contributed by atoms with Crippen molar-refractivity contribution in [1.82, 2.24) is 5.01 Å². The second kappa shape index (κ2) is 2.84. The van der Waals surface area contributed by atoms with Crippen LogP contribution in [0, 0.1) is 0 Å². The van der Waals surface area contributed by atoms with Crippen LogP contribution in [-0.2, 0) is 0 Å². The van der Waals surface area contributed by atoms with Gasteiger partial charge in [-0.15, -0.1) is 0 Å². The first-order chi connectivity index (χ1) is 6.95. The number of allylic oxidation sites excluding steroid dienone is 2. The summed E-state index contributed by atoms with van der Waals surface area (Å²) < 4.78 is 0. The highest BCUT2D eigenvalue weighted by molar-refractivity contribution is 5.91. The van der Waals surface area contributed by atoms with Crippen LogP contribution >= 0.6 is 0 Å². The van der Waals surface area contributed by atoms with E-state index in [0.717, 1.165) is 6.54 Å². The van der Waals surface area contributed by atoms with Gasteiger partial charge in [0.15, 0.2) is 0 Å². The molecule has 0 fully saturated rings. The van der Waals surface area contributed by atoms with Gasteiger partial charge in [0.2, 0.25) is 0 Å². The van der Waals surface area contributed by atoms with E-state index in [1.807, 2.05) is 17.3 Å². The molecular formula is C12H10N2. The van der Waals surface area contributed by atoms with Gasteiger partial charge < -0.3 is 0 Å². The Morgan fingerprint density at radius 3 is 3.14 bits per heavy atom. The molecule has 0 aliphatic carbocycles. The molecule has 0 radical (unpaired) electrons. The Bertz CT molecular complexity index is 455. The first-order valence-corrected chi connectivity index (χ1v) is 4.73. The van der Waals surface area contributed by atoms with Crippen molar-refractivity contribution in [3.8, 4) is 0 Å². The number of hydrogen-bond acceptors (Lipinski definition) is 2. The topological polar surface area (TPSA) is 15.6 Å². The van der Waals surface area contributed by atoms with E-state index in [1.165, 1.54) is 16.8 Å². The van der Waals surface area contributed by atoms with Crippen LogP contribution in [0.2, 0.25) is 0 Å². The van der Waals surface area contributed by atoms with Gasteiger partial charge in [0.05, 0.1) is 18.5 Å². The van der Waals surface area contributed by atoms with E-state index in [4.69, 9.17) is 0 Å². The molecule has 0 saturated heterocycles. The maximum Gasteiger partial charge on any atom is 0.0676 e. The predicted octanol–water partition coefficient (Wildman–Crippen LogP) is 2.25. The average molecular weight is 182 g/mol. The van der Waals surface area contributed by atoms with Crippen LogP contribution in [0.15, 0.2) is 47.6 Å². The van der Waals surface area contributed by atoms with Gasteiger partial charge in [0, 0.05) is 11.1 Å². The lowest BCUT2D eigenvalue weighted by molar-refractivity contribution is 0.463. The molecule has 2 nitrogen and oxygen atoms in total. The number of nitrogens with zero attached hydrogens (tertiary/aromatic N) is 2. The minimum Gasteiger partial charge on any atom is -0.261 e. The molecule has 14 heavy (non-hydrogen) atoms. The molecule has 0 saturated carbocycles. The maximum atomic E-state index is 4.38. The van der Waals surface area contributed by atoms with Gasteiger partial charge in [0.1, 0.15) is 0 Å². The molecule has 2 heterocycles. The monoisotopic (exact) mass is 182 g/mol. The van der Waals surface area contributed by atoms with E-state index in [-0.39, 0.29) is 0 Å². The molecule has 2 aliphatic heterocycles. The minimum absolute atomic E-state index is 0.872. The average Bonchev–Trinajstić information content (AvgIpc) is 2.29. The fraction of sp³-hybridized carbons (Fsp3) is 0.0833. The molecule has 2 aliphatic rings. The van der Waals surface area contributed by atoms with Crippen molar-refractivity contribution in [2.24, 2.45) is 5.10 Å². The molecule has 2 heteroatoms. The van der Waals surface area contributed by atoms with Crippen molar-refractivity contribution in [3.05, 3.63) is 53.6 Å². The van der Waals surface area contributed by atoms with Crippen molar-refractivity contribution >= 4 is 11.9 Å². The van der Waals surface area contributed by atoms with Crippen LogP contribution in [0.4, 0.5) is 0 Å². The summed E-state index contributed by atoms with van der Waals surface area (Å²) in [5.74, 6) is 0. The Hall–Kier alpha value is -1.83. The molecule has 0 N–H and O–H groups in total. The molecule has 0 aromatic heterocycles. The zero-order valence-corrected chi connectivity index (χ0v) is 7.72. The summed E-state index contributed by atoms with van der Waals surface area (Å²) in [6.07, 6.45) is 8.23. The van der Waals surface area contributed by atoms with Crippen molar-refractivity contribution < 1.29 is 0 Å². The second-order valence-corrected chi connectivity index (χ2v) is 3.39. The third kappa shape index (κ3) is 1.01. The Labute approximate surface area is 82.9 Å². The summed E-state index contributed by atoms with van der Waals surface area (Å²) in [6.45, 7) is 0.872. The Morgan fingerprint density at radius 1 is 1.21 bits per heavy atom. The Balaban J connectivity index is 2.22. The summed E-state index contributed by atoms with van der Waals surface area (Å²) in [7, 11) is 0. The van der Waals surface area contributed by atoms with E-state index in [2.05, 4.69) is 41.5 Å².